The summed E-state index contributed by atoms with van der Waals surface area (Å²) in [7, 11) is 0. The van der Waals surface area contributed by atoms with Crippen LogP contribution >= 0.6 is 0 Å². The third kappa shape index (κ3) is 5.84. The molecule has 1 saturated carbocycles. The number of amides is 1. The molecule has 9 heteroatoms. The van der Waals surface area contributed by atoms with Crippen LogP contribution in [-0.2, 0) is 9.59 Å². The van der Waals surface area contributed by atoms with Crippen molar-refractivity contribution in [2.45, 2.75) is 31.5 Å². The second-order valence-corrected chi connectivity index (χ2v) is 5.69. The number of para-hydroxylation sites is 2. The van der Waals surface area contributed by atoms with Crippen molar-refractivity contribution in [3.05, 3.63) is 24.3 Å². The fourth-order valence-electron chi connectivity index (χ4n) is 2.67. The largest absolute Gasteiger partial charge is 0.481 e. The number of carboxylic acid groups (broad SMARTS) is 1. The van der Waals surface area contributed by atoms with Gasteiger partial charge in [0.2, 0.25) is 0 Å². The third-order valence-corrected chi connectivity index (χ3v) is 3.78. The lowest BCUT2D eigenvalue weighted by molar-refractivity contribution is -0.153. The number of halogens is 3. The van der Waals surface area contributed by atoms with E-state index in [4.69, 9.17) is 9.84 Å². The highest BCUT2D eigenvalue weighted by atomic mass is 19.4. The standard InChI is InChI=1S/C16H18F3NO5/c17-16(18,19)9-25-13-7-2-1-6-12(13)24-8-14(21)20-11-5-3-4-10(11)15(22)23/h1-2,6-7,10-11H,3-5,8-9H2,(H,20,21)(H,22,23)/t10-,11+/m1/s1. The van der Waals surface area contributed by atoms with Gasteiger partial charge in [-0.05, 0) is 25.0 Å². The number of nitrogens with one attached hydrogen (secondary N) is 1. The molecule has 0 spiro atoms. The molecule has 2 atom stereocenters. The number of hydrogen-bond acceptors (Lipinski definition) is 4. The van der Waals surface area contributed by atoms with Crippen molar-refractivity contribution in [1.29, 1.82) is 0 Å². The summed E-state index contributed by atoms with van der Waals surface area (Å²) in [6.07, 6.45) is -2.72. The van der Waals surface area contributed by atoms with Gasteiger partial charge in [-0.1, -0.05) is 18.6 Å². The van der Waals surface area contributed by atoms with Gasteiger partial charge in [0, 0.05) is 6.04 Å². The Morgan fingerprint density at radius 1 is 1.16 bits per heavy atom. The van der Waals surface area contributed by atoms with Gasteiger partial charge in [-0.2, -0.15) is 13.2 Å². The van der Waals surface area contributed by atoms with E-state index < -0.39 is 43.2 Å². The summed E-state index contributed by atoms with van der Waals surface area (Å²) >= 11 is 0. The number of carbonyl (C=O) groups is 2. The van der Waals surface area contributed by atoms with Gasteiger partial charge < -0.3 is 19.9 Å². The number of benzene rings is 1. The number of ether oxygens (including phenoxy) is 2. The zero-order chi connectivity index (χ0) is 18.4. The molecule has 0 aromatic heterocycles. The van der Waals surface area contributed by atoms with Crippen LogP contribution in [0.1, 0.15) is 19.3 Å². The average molecular weight is 361 g/mol. The molecule has 0 aliphatic heterocycles. The van der Waals surface area contributed by atoms with Gasteiger partial charge in [-0.15, -0.1) is 0 Å². The van der Waals surface area contributed by atoms with Crippen LogP contribution in [0.2, 0.25) is 0 Å². The van der Waals surface area contributed by atoms with Crippen LogP contribution in [-0.4, -0.2) is 42.4 Å². The second kappa shape index (κ2) is 8.09. The van der Waals surface area contributed by atoms with Crippen LogP contribution in [0.5, 0.6) is 11.5 Å². The highest BCUT2D eigenvalue weighted by molar-refractivity contribution is 5.79. The van der Waals surface area contributed by atoms with Gasteiger partial charge in [-0.25, -0.2) is 0 Å². The number of carboxylic acids is 1. The van der Waals surface area contributed by atoms with E-state index in [0.29, 0.717) is 19.3 Å². The first kappa shape index (κ1) is 18.9. The predicted molar refractivity (Wildman–Crippen MR) is 80.4 cm³/mol. The van der Waals surface area contributed by atoms with Gasteiger partial charge in [0.1, 0.15) is 0 Å². The number of hydrogen-bond donors (Lipinski definition) is 2. The van der Waals surface area contributed by atoms with Crippen LogP contribution in [0.3, 0.4) is 0 Å². The highest BCUT2D eigenvalue weighted by Crippen LogP contribution is 2.29. The van der Waals surface area contributed by atoms with E-state index in [9.17, 15) is 22.8 Å². The monoisotopic (exact) mass is 361 g/mol. The molecule has 1 aromatic rings. The average Bonchev–Trinajstić information content (AvgIpc) is 2.99. The van der Waals surface area contributed by atoms with E-state index in [1.165, 1.54) is 24.3 Å². The molecule has 0 radical (unpaired) electrons. The van der Waals surface area contributed by atoms with Crippen LogP contribution in [0.25, 0.3) is 0 Å². The summed E-state index contributed by atoms with van der Waals surface area (Å²) in [4.78, 5) is 23.0. The van der Waals surface area contributed by atoms with Crippen molar-refractivity contribution in [3.8, 4) is 11.5 Å². The van der Waals surface area contributed by atoms with Crippen LogP contribution < -0.4 is 14.8 Å². The minimum atomic E-state index is -4.49. The molecule has 1 aliphatic carbocycles. The van der Waals surface area contributed by atoms with E-state index in [1.807, 2.05) is 0 Å². The minimum Gasteiger partial charge on any atom is -0.481 e. The van der Waals surface area contributed by atoms with E-state index in [2.05, 4.69) is 10.1 Å². The van der Waals surface area contributed by atoms with E-state index in [-0.39, 0.29) is 11.5 Å². The quantitative estimate of drug-likeness (QED) is 0.779. The first-order valence-corrected chi connectivity index (χ1v) is 7.70. The number of carbonyl (C=O) groups excluding carboxylic acids is 1. The van der Waals surface area contributed by atoms with Gasteiger partial charge in [-0.3, -0.25) is 9.59 Å². The molecular formula is C16H18F3NO5. The predicted octanol–water partition coefficient (Wildman–Crippen LogP) is 2.38. The Morgan fingerprint density at radius 3 is 2.40 bits per heavy atom. The summed E-state index contributed by atoms with van der Waals surface area (Å²) < 4.78 is 46.6. The maximum Gasteiger partial charge on any atom is 0.422 e. The SMILES string of the molecule is O=C(COc1ccccc1OCC(F)(F)F)N[C@H]1CCC[C@H]1C(=O)O. The van der Waals surface area contributed by atoms with Crippen molar-refractivity contribution >= 4 is 11.9 Å². The fraction of sp³-hybridized carbons (Fsp3) is 0.500. The van der Waals surface area contributed by atoms with Crippen molar-refractivity contribution in [2.75, 3.05) is 13.2 Å². The molecule has 0 bridgehead atoms. The van der Waals surface area contributed by atoms with E-state index >= 15 is 0 Å². The normalized spacial score (nSPS) is 20.1. The van der Waals surface area contributed by atoms with Crippen LogP contribution in [0, 0.1) is 5.92 Å². The zero-order valence-electron chi connectivity index (χ0n) is 13.2. The summed E-state index contributed by atoms with van der Waals surface area (Å²) in [6.45, 7) is -1.92. The van der Waals surface area contributed by atoms with Crippen LogP contribution in [0.4, 0.5) is 13.2 Å². The number of alkyl halides is 3. The third-order valence-electron chi connectivity index (χ3n) is 3.78. The fourth-order valence-corrected chi connectivity index (χ4v) is 2.67. The molecule has 138 valence electrons. The molecule has 0 unspecified atom stereocenters. The number of rotatable bonds is 7. The molecule has 0 saturated heterocycles. The lowest BCUT2D eigenvalue weighted by Gasteiger charge is -2.18. The van der Waals surface area contributed by atoms with Crippen molar-refractivity contribution in [3.63, 3.8) is 0 Å². The molecule has 1 amide bonds. The first-order chi connectivity index (χ1) is 11.8. The minimum absolute atomic E-state index is 0.00288. The summed E-state index contributed by atoms with van der Waals surface area (Å²) in [5.41, 5.74) is 0. The Bertz CT molecular complexity index is 620. The summed E-state index contributed by atoms with van der Waals surface area (Å²) in [5.74, 6) is -2.26. The van der Waals surface area contributed by atoms with Gasteiger partial charge in [0.05, 0.1) is 5.92 Å². The van der Waals surface area contributed by atoms with Crippen molar-refractivity contribution in [2.24, 2.45) is 5.92 Å². The Hall–Kier alpha value is -2.45. The van der Waals surface area contributed by atoms with Gasteiger partial charge >= 0.3 is 12.1 Å². The van der Waals surface area contributed by atoms with Gasteiger partial charge in [0.15, 0.2) is 24.7 Å². The van der Waals surface area contributed by atoms with Gasteiger partial charge in [0.25, 0.3) is 5.91 Å². The highest BCUT2D eigenvalue weighted by Gasteiger charge is 2.34. The van der Waals surface area contributed by atoms with Crippen molar-refractivity contribution < 1.29 is 37.3 Å². The molecule has 1 aromatic carbocycles. The molecule has 25 heavy (non-hydrogen) atoms. The second-order valence-electron chi connectivity index (χ2n) is 5.69. The number of aliphatic carboxylic acids is 1. The molecule has 1 aliphatic rings. The molecule has 0 heterocycles. The summed E-state index contributed by atoms with van der Waals surface area (Å²) in [5, 5.41) is 11.7. The first-order valence-electron chi connectivity index (χ1n) is 7.70. The summed E-state index contributed by atoms with van der Waals surface area (Å²) in [6, 6.07) is 5.23. The molecule has 2 rings (SSSR count). The Labute approximate surface area is 141 Å². The Morgan fingerprint density at radius 2 is 1.80 bits per heavy atom. The molecule has 2 N–H and O–H groups in total. The Balaban J connectivity index is 1.88. The molecule has 1 fully saturated rings. The Kier molecular flexibility index (Phi) is 6.11. The smallest absolute Gasteiger partial charge is 0.422 e. The molecular weight excluding hydrogens is 343 g/mol. The lowest BCUT2D eigenvalue weighted by Crippen LogP contribution is -2.42. The maximum atomic E-state index is 12.2. The van der Waals surface area contributed by atoms with E-state index in [0.717, 1.165) is 0 Å². The molecule has 6 nitrogen and oxygen atoms in total. The zero-order valence-corrected chi connectivity index (χ0v) is 13.2. The topological polar surface area (TPSA) is 84.9 Å². The van der Waals surface area contributed by atoms with E-state index in [1.54, 1.807) is 0 Å². The maximum absolute atomic E-state index is 12.2. The van der Waals surface area contributed by atoms with Crippen molar-refractivity contribution in [1.82, 2.24) is 5.32 Å². The van der Waals surface area contributed by atoms with Crippen LogP contribution in [0.15, 0.2) is 24.3 Å². The lowest BCUT2D eigenvalue weighted by atomic mass is 10.0.